The van der Waals surface area contributed by atoms with Crippen LogP contribution in [0.1, 0.15) is 27.1 Å². The van der Waals surface area contributed by atoms with Crippen molar-refractivity contribution in [2.75, 3.05) is 0 Å². The predicted molar refractivity (Wildman–Crippen MR) is 85.4 cm³/mol. The van der Waals surface area contributed by atoms with E-state index in [9.17, 15) is 14.4 Å². The summed E-state index contributed by atoms with van der Waals surface area (Å²) in [5.74, 6) is -1.42. The summed E-state index contributed by atoms with van der Waals surface area (Å²) in [4.78, 5) is 35.4. The lowest BCUT2D eigenvalue weighted by atomic mass is 10.2. The van der Waals surface area contributed by atoms with Crippen molar-refractivity contribution >= 4 is 17.7 Å². The van der Waals surface area contributed by atoms with Crippen LogP contribution in [0.4, 0.5) is 0 Å². The fraction of sp³-hybridized carbons (Fsp3) is 0.118. The molecule has 0 unspecified atom stereocenters. The standard InChI is InChI=1S/C17H17N3O3/c18-14(21)11-15(19-16(22)12-7-3-1-4-8-12)20-17(23)13-9-5-2-6-10-13/h1-10,15H,11H2,(H2,18,21)(H,19,22)(H,20,23). The number of nitrogens with one attached hydrogen (secondary N) is 2. The predicted octanol–water partition coefficient (Wildman–Crippen LogP) is 1.05. The van der Waals surface area contributed by atoms with Gasteiger partial charge in [0.15, 0.2) is 0 Å². The maximum absolute atomic E-state index is 12.1. The van der Waals surface area contributed by atoms with E-state index in [4.69, 9.17) is 5.73 Å². The molecule has 0 heterocycles. The highest BCUT2D eigenvalue weighted by Crippen LogP contribution is 2.02. The van der Waals surface area contributed by atoms with Crippen molar-refractivity contribution < 1.29 is 14.4 Å². The molecule has 0 aliphatic carbocycles. The van der Waals surface area contributed by atoms with Crippen molar-refractivity contribution in [3.8, 4) is 0 Å². The van der Waals surface area contributed by atoms with Gasteiger partial charge in [-0.2, -0.15) is 0 Å². The van der Waals surface area contributed by atoms with Crippen LogP contribution >= 0.6 is 0 Å². The zero-order valence-electron chi connectivity index (χ0n) is 12.4. The highest BCUT2D eigenvalue weighted by atomic mass is 16.2. The largest absolute Gasteiger partial charge is 0.370 e. The summed E-state index contributed by atoms with van der Waals surface area (Å²) < 4.78 is 0. The number of amides is 3. The van der Waals surface area contributed by atoms with Gasteiger partial charge in [0.25, 0.3) is 11.8 Å². The monoisotopic (exact) mass is 311 g/mol. The van der Waals surface area contributed by atoms with Crippen molar-refractivity contribution in [1.29, 1.82) is 0 Å². The maximum Gasteiger partial charge on any atom is 0.252 e. The van der Waals surface area contributed by atoms with E-state index in [0.29, 0.717) is 11.1 Å². The first-order valence-electron chi connectivity index (χ1n) is 7.06. The van der Waals surface area contributed by atoms with Gasteiger partial charge in [-0.25, -0.2) is 0 Å². The zero-order chi connectivity index (χ0) is 16.7. The molecule has 0 aliphatic heterocycles. The Balaban J connectivity index is 2.06. The van der Waals surface area contributed by atoms with Gasteiger partial charge in [0.2, 0.25) is 5.91 Å². The van der Waals surface area contributed by atoms with Crippen LogP contribution in [0.15, 0.2) is 60.7 Å². The van der Waals surface area contributed by atoms with E-state index in [0.717, 1.165) is 0 Å². The van der Waals surface area contributed by atoms with Crippen molar-refractivity contribution in [1.82, 2.24) is 10.6 Å². The van der Waals surface area contributed by atoms with Gasteiger partial charge in [0.05, 0.1) is 6.42 Å². The molecule has 0 spiro atoms. The lowest BCUT2D eigenvalue weighted by Gasteiger charge is -2.19. The summed E-state index contributed by atoms with van der Waals surface area (Å²) in [7, 11) is 0. The SMILES string of the molecule is NC(=O)CC(NC(=O)c1ccccc1)NC(=O)c1ccccc1. The average molecular weight is 311 g/mol. The van der Waals surface area contributed by atoms with Crippen molar-refractivity contribution in [3.63, 3.8) is 0 Å². The van der Waals surface area contributed by atoms with Gasteiger partial charge in [-0.05, 0) is 24.3 Å². The molecule has 2 rings (SSSR count). The van der Waals surface area contributed by atoms with Crippen molar-refractivity contribution in [2.24, 2.45) is 5.73 Å². The van der Waals surface area contributed by atoms with E-state index >= 15 is 0 Å². The van der Waals surface area contributed by atoms with E-state index in [-0.39, 0.29) is 6.42 Å². The van der Waals surface area contributed by atoms with E-state index in [1.807, 2.05) is 0 Å². The van der Waals surface area contributed by atoms with E-state index in [1.165, 1.54) is 0 Å². The first-order valence-corrected chi connectivity index (χ1v) is 7.06. The Morgan fingerprint density at radius 3 is 1.52 bits per heavy atom. The minimum absolute atomic E-state index is 0.197. The Morgan fingerprint density at radius 2 is 1.17 bits per heavy atom. The molecule has 0 bridgehead atoms. The third kappa shape index (κ3) is 4.96. The molecule has 118 valence electrons. The molecule has 0 aliphatic rings. The third-order valence-corrected chi connectivity index (χ3v) is 3.09. The Hall–Kier alpha value is -3.15. The second kappa shape index (κ2) is 7.74. The molecule has 0 atom stereocenters. The molecular weight excluding hydrogens is 294 g/mol. The van der Waals surface area contributed by atoms with E-state index in [1.54, 1.807) is 60.7 Å². The Bertz CT molecular complexity index is 633. The fourth-order valence-electron chi connectivity index (χ4n) is 2.00. The van der Waals surface area contributed by atoms with Crippen LogP contribution in [-0.4, -0.2) is 23.9 Å². The van der Waals surface area contributed by atoms with Crippen LogP contribution in [-0.2, 0) is 4.79 Å². The first kappa shape index (κ1) is 16.2. The molecule has 23 heavy (non-hydrogen) atoms. The number of hydrogen-bond acceptors (Lipinski definition) is 3. The van der Waals surface area contributed by atoms with Gasteiger partial charge in [0.1, 0.15) is 6.17 Å². The van der Waals surface area contributed by atoms with E-state index < -0.39 is 23.9 Å². The lowest BCUT2D eigenvalue weighted by molar-refractivity contribution is -0.118. The van der Waals surface area contributed by atoms with Gasteiger partial charge in [-0.3, -0.25) is 14.4 Å². The second-order valence-electron chi connectivity index (χ2n) is 4.90. The van der Waals surface area contributed by atoms with Gasteiger partial charge < -0.3 is 16.4 Å². The minimum Gasteiger partial charge on any atom is -0.370 e. The average Bonchev–Trinajstić information content (AvgIpc) is 2.55. The number of nitrogens with two attached hydrogens (primary N) is 1. The maximum atomic E-state index is 12.1. The van der Waals surface area contributed by atoms with Crippen LogP contribution < -0.4 is 16.4 Å². The fourth-order valence-corrected chi connectivity index (χ4v) is 2.00. The molecule has 2 aromatic rings. The summed E-state index contributed by atoms with van der Waals surface area (Å²) in [6.07, 6.45) is -1.08. The second-order valence-corrected chi connectivity index (χ2v) is 4.90. The first-order chi connectivity index (χ1) is 11.1. The number of hydrogen-bond donors (Lipinski definition) is 3. The lowest BCUT2D eigenvalue weighted by Crippen LogP contribution is -2.49. The summed E-state index contributed by atoms with van der Waals surface area (Å²) in [6, 6.07) is 17.0. The molecule has 0 saturated carbocycles. The molecule has 0 radical (unpaired) electrons. The number of carbonyl (C=O) groups is 3. The normalized spacial score (nSPS) is 10.1. The third-order valence-electron chi connectivity index (χ3n) is 3.09. The zero-order valence-corrected chi connectivity index (χ0v) is 12.4. The quantitative estimate of drug-likeness (QED) is 0.695. The summed E-state index contributed by atoms with van der Waals surface area (Å²) in [5.41, 5.74) is 6.03. The highest BCUT2D eigenvalue weighted by molar-refractivity contribution is 5.97. The van der Waals surface area contributed by atoms with Gasteiger partial charge in [-0.15, -0.1) is 0 Å². The minimum atomic E-state index is -0.882. The van der Waals surface area contributed by atoms with Crippen molar-refractivity contribution in [2.45, 2.75) is 12.6 Å². The van der Waals surface area contributed by atoms with Crippen LogP contribution in [0.25, 0.3) is 0 Å². The molecule has 0 fully saturated rings. The smallest absolute Gasteiger partial charge is 0.252 e. The Kier molecular flexibility index (Phi) is 5.46. The number of rotatable bonds is 6. The van der Waals surface area contributed by atoms with Gasteiger partial charge in [0, 0.05) is 11.1 Å². The molecule has 6 heteroatoms. The van der Waals surface area contributed by atoms with Crippen LogP contribution in [0, 0.1) is 0 Å². The number of carbonyl (C=O) groups excluding carboxylic acids is 3. The topological polar surface area (TPSA) is 101 Å². The molecular formula is C17H17N3O3. The molecule has 4 N–H and O–H groups in total. The van der Waals surface area contributed by atoms with E-state index in [2.05, 4.69) is 10.6 Å². The number of benzene rings is 2. The molecule has 6 nitrogen and oxygen atoms in total. The van der Waals surface area contributed by atoms with Crippen molar-refractivity contribution in [3.05, 3.63) is 71.8 Å². The van der Waals surface area contributed by atoms with Crippen LogP contribution in [0.3, 0.4) is 0 Å². The molecule has 0 saturated heterocycles. The van der Waals surface area contributed by atoms with Gasteiger partial charge in [-0.1, -0.05) is 36.4 Å². The van der Waals surface area contributed by atoms with Crippen LogP contribution in [0.2, 0.25) is 0 Å². The van der Waals surface area contributed by atoms with Crippen LogP contribution in [0.5, 0.6) is 0 Å². The summed E-state index contributed by atoms with van der Waals surface area (Å²) in [5, 5.41) is 5.19. The molecule has 2 aromatic carbocycles. The Labute approximate surface area is 133 Å². The highest BCUT2D eigenvalue weighted by Gasteiger charge is 2.18. The van der Waals surface area contributed by atoms with Gasteiger partial charge >= 0.3 is 0 Å². The summed E-state index contributed by atoms with van der Waals surface area (Å²) >= 11 is 0. The number of primary amides is 1. The molecule has 3 amide bonds. The molecule has 0 aromatic heterocycles. The summed E-state index contributed by atoms with van der Waals surface area (Å²) in [6.45, 7) is 0. The Morgan fingerprint density at radius 1 is 0.783 bits per heavy atom.